The minimum Gasteiger partial charge on any atom is -0.337 e. The van der Waals surface area contributed by atoms with Crippen LogP contribution in [0.4, 0.5) is 0 Å². The average molecular weight is 381 g/mol. The number of benzene rings is 1. The number of carbonyl (C=O) groups is 3. The lowest BCUT2D eigenvalue weighted by molar-refractivity contribution is -0.136. The van der Waals surface area contributed by atoms with Crippen LogP contribution in [0.3, 0.4) is 0 Å². The van der Waals surface area contributed by atoms with Crippen molar-refractivity contribution in [3.8, 4) is 0 Å². The summed E-state index contributed by atoms with van der Waals surface area (Å²) in [7, 11) is 0. The van der Waals surface area contributed by atoms with Crippen LogP contribution in [0.25, 0.3) is 0 Å². The lowest BCUT2D eigenvalue weighted by Gasteiger charge is -2.29. The fraction of sp³-hybridized carbons (Fsp3) is 0.400. The van der Waals surface area contributed by atoms with Gasteiger partial charge in [0.05, 0.1) is 12.0 Å². The molecular weight excluding hydrogens is 358 g/mol. The van der Waals surface area contributed by atoms with Gasteiger partial charge in [-0.3, -0.25) is 19.7 Å². The summed E-state index contributed by atoms with van der Waals surface area (Å²) in [4.78, 5) is 42.2. The zero-order chi connectivity index (χ0) is 19.7. The Morgan fingerprint density at radius 2 is 2.11 bits per heavy atom. The number of carbonyl (C=O) groups excluding carboxylic acids is 3. The van der Waals surface area contributed by atoms with Crippen LogP contribution >= 0.6 is 0 Å². The van der Waals surface area contributed by atoms with Gasteiger partial charge in [0.2, 0.25) is 11.8 Å². The SMILES string of the molecule is NCc1cn(CCCc2cccc3c2CN(C2CCC(=O)NC2=O)C3=O)cn1. The van der Waals surface area contributed by atoms with Gasteiger partial charge in [-0.1, -0.05) is 12.1 Å². The summed E-state index contributed by atoms with van der Waals surface area (Å²) in [5, 5.41) is 2.34. The summed E-state index contributed by atoms with van der Waals surface area (Å²) in [5.74, 6) is -0.785. The van der Waals surface area contributed by atoms with Crippen LogP contribution in [-0.4, -0.2) is 38.2 Å². The Morgan fingerprint density at radius 3 is 2.86 bits per heavy atom. The van der Waals surface area contributed by atoms with E-state index in [-0.39, 0.29) is 24.1 Å². The lowest BCUT2D eigenvalue weighted by Crippen LogP contribution is -2.52. The molecule has 0 radical (unpaired) electrons. The predicted molar refractivity (Wildman–Crippen MR) is 101 cm³/mol. The molecule has 1 aromatic heterocycles. The van der Waals surface area contributed by atoms with Crippen LogP contribution in [-0.2, 0) is 35.6 Å². The molecule has 2 aliphatic heterocycles. The van der Waals surface area contributed by atoms with Gasteiger partial charge in [0.25, 0.3) is 5.91 Å². The van der Waals surface area contributed by atoms with Crippen LogP contribution in [0, 0.1) is 0 Å². The van der Waals surface area contributed by atoms with Crippen molar-refractivity contribution in [2.75, 3.05) is 0 Å². The van der Waals surface area contributed by atoms with E-state index in [0.717, 1.165) is 36.2 Å². The second-order valence-electron chi connectivity index (χ2n) is 7.25. The molecule has 2 aromatic rings. The number of aromatic nitrogens is 2. The Kier molecular flexibility index (Phi) is 4.95. The van der Waals surface area contributed by atoms with Gasteiger partial charge in [-0.05, 0) is 36.5 Å². The molecule has 146 valence electrons. The quantitative estimate of drug-likeness (QED) is 0.717. The molecule has 0 bridgehead atoms. The van der Waals surface area contributed by atoms with E-state index in [1.54, 1.807) is 11.2 Å². The number of fused-ring (bicyclic) bond motifs is 1. The van der Waals surface area contributed by atoms with E-state index in [1.807, 2.05) is 29.0 Å². The molecule has 8 heteroatoms. The number of hydrogen-bond acceptors (Lipinski definition) is 5. The van der Waals surface area contributed by atoms with Gasteiger partial charge in [0, 0.05) is 37.8 Å². The van der Waals surface area contributed by atoms with Crippen molar-refractivity contribution < 1.29 is 14.4 Å². The average Bonchev–Trinajstić information content (AvgIpc) is 3.27. The molecular formula is C20H23N5O3. The minimum absolute atomic E-state index is 0.131. The zero-order valence-corrected chi connectivity index (χ0v) is 15.6. The molecule has 1 aromatic carbocycles. The van der Waals surface area contributed by atoms with E-state index in [9.17, 15) is 14.4 Å². The molecule has 0 saturated carbocycles. The first kappa shape index (κ1) is 18.4. The third-order valence-electron chi connectivity index (χ3n) is 5.44. The topological polar surface area (TPSA) is 110 Å². The summed E-state index contributed by atoms with van der Waals surface area (Å²) in [6.07, 6.45) is 6.11. The van der Waals surface area contributed by atoms with Crippen LogP contribution in [0.1, 0.15) is 46.4 Å². The van der Waals surface area contributed by atoms with E-state index in [2.05, 4.69) is 10.3 Å². The van der Waals surface area contributed by atoms with Crippen LogP contribution in [0.15, 0.2) is 30.7 Å². The first-order chi connectivity index (χ1) is 13.6. The highest BCUT2D eigenvalue weighted by Crippen LogP contribution is 2.30. The number of imide groups is 1. The number of nitrogens with zero attached hydrogens (tertiary/aromatic N) is 3. The monoisotopic (exact) mass is 381 g/mol. The molecule has 3 heterocycles. The van der Waals surface area contributed by atoms with Gasteiger partial charge in [0.1, 0.15) is 6.04 Å². The van der Waals surface area contributed by atoms with Crippen LogP contribution < -0.4 is 11.1 Å². The molecule has 1 atom stereocenters. The largest absolute Gasteiger partial charge is 0.337 e. The maximum absolute atomic E-state index is 12.8. The van der Waals surface area contributed by atoms with Crippen molar-refractivity contribution in [2.24, 2.45) is 5.73 Å². The van der Waals surface area contributed by atoms with Gasteiger partial charge < -0.3 is 15.2 Å². The van der Waals surface area contributed by atoms with Crippen molar-refractivity contribution in [1.82, 2.24) is 19.8 Å². The van der Waals surface area contributed by atoms with Crippen LogP contribution in [0.5, 0.6) is 0 Å². The van der Waals surface area contributed by atoms with Gasteiger partial charge in [0.15, 0.2) is 0 Å². The predicted octanol–water partition coefficient (Wildman–Crippen LogP) is 0.736. The van der Waals surface area contributed by atoms with Gasteiger partial charge >= 0.3 is 0 Å². The van der Waals surface area contributed by atoms with E-state index < -0.39 is 6.04 Å². The smallest absolute Gasteiger partial charge is 0.255 e. The van der Waals surface area contributed by atoms with Crippen molar-refractivity contribution in [1.29, 1.82) is 0 Å². The third kappa shape index (κ3) is 3.43. The van der Waals surface area contributed by atoms with Crippen molar-refractivity contribution >= 4 is 17.7 Å². The molecule has 1 unspecified atom stereocenters. The van der Waals surface area contributed by atoms with Crippen LogP contribution in [0.2, 0.25) is 0 Å². The van der Waals surface area contributed by atoms with E-state index in [0.29, 0.717) is 25.1 Å². The molecule has 3 N–H and O–H groups in total. The summed E-state index contributed by atoms with van der Waals surface area (Å²) >= 11 is 0. The lowest BCUT2D eigenvalue weighted by atomic mass is 9.99. The Balaban J connectivity index is 1.45. The molecule has 0 aliphatic carbocycles. The van der Waals surface area contributed by atoms with E-state index in [1.165, 1.54) is 0 Å². The Morgan fingerprint density at radius 1 is 1.25 bits per heavy atom. The number of piperidine rings is 1. The Hall–Kier alpha value is -3.00. The molecule has 28 heavy (non-hydrogen) atoms. The summed E-state index contributed by atoms with van der Waals surface area (Å²) < 4.78 is 2.02. The number of rotatable bonds is 6. The highest BCUT2D eigenvalue weighted by atomic mass is 16.2. The summed E-state index contributed by atoms with van der Waals surface area (Å²) in [6.45, 7) is 1.66. The normalized spacial score (nSPS) is 19.1. The third-order valence-corrected chi connectivity index (χ3v) is 5.44. The minimum atomic E-state index is -0.578. The molecule has 4 rings (SSSR count). The zero-order valence-electron chi connectivity index (χ0n) is 15.6. The number of imidazole rings is 1. The molecule has 2 aliphatic rings. The van der Waals surface area contributed by atoms with E-state index in [4.69, 9.17) is 5.73 Å². The molecule has 0 spiro atoms. The second-order valence-corrected chi connectivity index (χ2v) is 7.25. The number of amides is 3. The number of nitrogens with one attached hydrogen (secondary N) is 1. The first-order valence-electron chi connectivity index (χ1n) is 9.53. The number of aryl methyl sites for hydroxylation is 2. The number of nitrogens with two attached hydrogens (primary N) is 1. The summed E-state index contributed by atoms with van der Waals surface area (Å²) in [5.41, 5.74) is 9.23. The van der Waals surface area contributed by atoms with Gasteiger partial charge in [-0.15, -0.1) is 0 Å². The maximum Gasteiger partial charge on any atom is 0.255 e. The Labute approximate surface area is 162 Å². The molecule has 3 amide bonds. The van der Waals surface area contributed by atoms with E-state index >= 15 is 0 Å². The molecule has 1 saturated heterocycles. The Bertz CT molecular complexity index is 936. The molecule has 8 nitrogen and oxygen atoms in total. The van der Waals surface area contributed by atoms with Gasteiger partial charge in [-0.2, -0.15) is 0 Å². The summed E-state index contributed by atoms with van der Waals surface area (Å²) in [6, 6.07) is 5.17. The molecule has 1 fully saturated rings. The standard InChI is InChI=1S/C20H23N5O3/c21-9-14-10-24(12-22-14)8-2-4-13-3-1-5-15-16(13)11-25(20(15)28)17-6-7-18(26)23-19(17)27/h1,3,5,10,12,17H,2,4,6-9,11,21H2,(H,23,26,27). The highest BCUT2D eigenvalue weighted by Gasteiger charge is 2.39. The van der Waals surface area contributed by atoms with Crippen molar-refractivity contribution in [3.63, 3.8) is 0 Å². The fourth-order valence-corrected chi connectivity index (χ4v) is 3.97. The highest BCUT2D eigenvalue weighted by molar-refractivity contribution is 6.05. The van der Waals surface area contributed by atoms with Crippen molar-refractivity contribution in [3.05, 3.63) is 53.1 Å². The fourth-order valence-electron chi connectivity index (χ4n) is 3.97. The first-order valence-corrected chi connectivity index (χ1v) is 9.53. The second kappa shape index (κ2) is 7.55. The maximum atomic E-state index is 12.8. The van der Waals surface area contributed by atoms with Gasteiger partial charge in [-0.25, -0.2) is 4.98 Å². The van der Waals surface area contributed by atoms with Crippen molar-refractivity contribution in [2.45, 2.75) is 51.4 Å². The number of hydrogen-bond donors (Lipinski definition) is 2.